The summed E-state index contributed by atoms with van der Waals surface area (Å²) in [7, 11) is 0. The molecule has 4 heteroatoms. The van der Waals surface area contributed by atoms with Gasteiger partial charge in [-0.15, -0.1) is 0 Å². The van der Waals surface area contributed by atoms with Crippen molar-refractivity contribution in [1.29, 1.82) is 0 Å². The number of allylic oxidation sites excluding steroid dienone is 2. The minimum absolute atomic E-state index is 0.0744. The lowest BCUT2D eigenvalue weighted by atomic mass is 9.40. The molecule has 8 unspecified atom stereocenters. The van der Waals surface area contributed by atoms with E-state index in [0.717, 1.165) is 36.5 Å². The van der Waals surface area contributed by atoms with Crippen LogP contribution in [-0.2, 0) is 4.79 Å². The first-order valence-electron chi connectivity index (χ1n) is 12.6. The van der Waals surface area contributed by atoms with Crippen molar-refractivity contribution in [2.45, 2.75) is 104 Å². The molecule has 3 N–H and O–H groups in total. The SMILES string of the molecule is CC(=O)CCCC1CCC2C1(C)CCC1C3(C)CC4=C(CC3CCC21C)NC(N)S4. The zero-order valence-corrected chi connectivity index (χ0v) is 20.4. The molecule has 8 atom stereocenters. The standard InChI is InChI=1S/C26H42N2OS/c1-16(29)6-5-7-17-8-9-21-24(17,2)13-11-22-25(21,3)12-10-18-14-19-20(15-26(18,22)4)30-23(27)28-19/h17-18,21-23,28H,5-15,27H2,1-4H3. The molecule has 0 spiro atoms. The fraction of sp³-hybridized carbons (Fsp3) is 0.885. The van der Waals surface area contributed by atoms with E-state index in [-0.39, 0.29) is 5.50 Å². The second-order valence-electron chi connectivity index (χ2n) is 12.2. The smallest absolute Gasteiger partial charge is 0.129 e. The normalized spacial score (nSPS) is 49.7. The van der Waals surface area contributed by atoms with Gasteiger partial charge in [-0.2, -0.15) is 0 Å². The third kappa shape index (κ3) is 3.06. The van der Waals surface area contributed by atoms with Gasteiger partial charge < -0.3 is 15.8 Å². The highest BCUT2D eigenvalue weighted by Crippen LogP contribution is 2.73. The summed E-state index contributed by atoms with van der Waals surface area (Å²) in [5, 5.41) is 3.56. The van der Waals surface area contributed by atoms with Gasteiger partial charge in [-0.3, -0.25) is 0 Å². The highest BCUT2D eigenvalue weighted by Gasteiger charge is 2.65. The first-order chi connectivity index (χ1) is 14.2. The van der Waals surface area contributed by atoms with Gasteiger partial charge in [0.05, 0.1) is 0 Å². The van der Waals surface area contributed by atoms with Gasteiger partial charge in [-0.25, -0.2) is 0 Å². The number of ketones is 1. The summed E-state index contributed by atoms with van der Waals surface area (Å²) in [6.45, 7) is 9.72. The molecule has 4 aliphatic carbocycles. The van der Waals surface area contributed by atoms with Crippen LogP contribution in [0.5, 0.6) is 0 Å². The zero-order chi connectivity index (χ0) is 21.3. The summed E-state index contributed by atoms with van der Waals surface area (Å²) in [6, 6.07) is 0. The molecule has 0 aromatic carbocycles. The van der Waals surface area contributed by atoms with E-state index in [0.29, 0.717) is 22.0 Å². The van der Waals surface area contributed by atoms with Gasteiger partial charge >= 0.3 is 0 Å². The van der Waals surface area contributed by atoms with E-state index in [4.69, 9.17) is 5.73 Å². The fourth-order valence-electron chi connectivity index (χ4n) is 9.43. The van der Waals surface area contributed by atoms with E-state index in [1.807, 2.05) is 11.8 Å². The van der Waals surface area contributed by atoms with Crippen LogP contribution in [0.15, 0.2) is 10.6 Å². The van der Waals surface area contributed by atoms with Crippen LogP contribution < -0.4 is 11.1 Å². The number of nitrogens with one attached hydrogen (secondary N) is 1. The summed E-state index contributed by atoms with van der Waals surface area (Å²) in [6.07, 6.45) is 14.1. The van der Waals surface area contributed by atoms with Crippen LogP contribution in [0.1, 0.15) is 98.3 Å². The quantitative estimate of drug-likeness (QED) is 0.558. The Balaban J connectivity index is 1.38. The highest BCUT2D eigenvalue weighted by atomic mass is 32.2. The molecule has 168 valence electrons. The molecule has 3 nitrogen and oxygen atoms in total. The van der Waals surface area contributed by atoms with Crippen LogP contribution in [0.4, 0.5) is 0 Å². The van der Waals surface area contributed by atoms with Crippen molar-refractivity contribution >= 4 is 17.5 Å². The average molecular weight is 431 g/mol. The average Bonchev–Trinajstić information content (AvgIpc) is 3.18. The number of hydrogen-bond acceptors (Lipinski definition) is 4. The van der Waals surface area contributed by atoms with Crippen molar-refractivity contribution in [3.05, 3.63) is 10.6 Å². The predicted octanol–water partition coefficient (Wildman–Crippen LogP) is 6.19. The molecule has 0 aromatic rings. The maximum atomic E-state index is 11.5. The molecule has 5 rings (SSSR count). The third-order valence-electron chi connectivity index (χ3n) is 10.9. The Bertz CT molecular complexity index is 764. The maximum Gasteiger partial charge on any atom is 0.129 e. The largest absolute Gasteiger partial charge is 0.364 e. The topological polar surface area (TPSA) is 55.1 Å². The molecule has 30 heavy (non-hydrogen) atoms. The van der Waals surface area contributed by atoms with Crippen LogP contribution in [0.2, 0.25) is 0 Å². The minimum Gasteiger partial charge on any atom is -0.364 e. The van der Waals surface area contributed by atoms with Crippen LogP contribution in [-0.4, -0.2) is 11.3 Å². The highest BCUT2D eigenvalue weighted by molar-refractivity contribution is 8.03. The Kier molecular flexibility index (Phi) is 5.18. The summed E-state index contributed by atoms with van der Waals surface area (Å²) < 4.78 is 0. The second kappa shape index (κ2) is 7.27. The molecule has 0 aromatic heterocycles. The van der Waals surface area contributed by atoms with Crippen molar-refractivity contribution in [1.82, 2.24) is 5.32 Å². The van der Waals surface area contributed by atoms with Crippen molar-refractivity contribution in [2.75, 3.05) is 0 Å². The molecule has 3 fully saturated rings. The van der Waals surface area contributed by atoms with E-state index in [2.05, 4.69) is 26.1 Å². The van der Waals surface area contributed by atoms with Gasteiger partial charge in [0.1, 0.15) is 11.3 Å². The van der Waals surface area contributed by atoms with E-state index in [1.54, 1.807) is 11.8 Å². The molecular formula is C26H42N2OS. The Morgan fingerprint density at radius 3 is 2.57 bits per heavy atom. The number of Topliss-reactive ketones (excluding diaryl/α,β-unsaturated/α-hetero) is 1. The van der Waals surface area contributed by atoms with Crippen molar-refractivity contribution in [3.63, 3.8) is 0 Å². The summed E-state index contributed by atoms with van der Waals surface area (Å²) in [5.41, 5.74) is 9.22. The third-order valence-corrected chi connectivity index (χ3v) is 11.9. The molecule has 0 radical (unpaired) electrons. The van der Waals surface area contributed by atoms with Crippen molar-refractivity contribution in [3.8, 4) is 0 Å². The zero-order valence-electron chi connectivity index (χ0n) is 19.6. The summed E-state index contributed by atoms with van der Waals surface area (Å²) in [4.78, 5) is 13.0. The Hall–Kier alpha value is -0.480. The first kappa shape index (κ1) is 21.4. The van der Waals surface area contributed by atoms with Gasteiger partial charge in [0.2, 0.25) is 0 Å². The Morgan fingerprint density at radius 1 is 1.07 bits per heavy atom. The molecule has 5 aliphatic rings. The molecule has 1 aliphatic heterocycles. The van der Waals surface area contributed by atoms with Crippen LogP contribution in [0.25, 0.3) is 0 Å². The molecule has 0 amide bonds. The maximum absolute atomic E-state index is 11.5. The number of hydrogen-bond donors (Lipinski definition) is 2. The van der Waals surface area contributed by atoms with Gasteiger partial charge in [-0.05, 0) is 111 Å². The van der Waals surface area contributed by atoms with Crippen LogP contribution in [0, 0.1) is 39.9 Å². The number of fused-ring (bicyclic) bond motifs is 5. The van der Waals surface area contributed by atoms with Crippen LogP contribution in [0.3, 0.4) is 0 Å². The summed E-state index contributed by atoms with van der Waals surface area (Å²) >= 11 is 1.89. The number of rotatable bonds is 4. The van der Waals surface area contributed by atoms with Crippen molar-refractivity contribution < 1.29 is 4.79 Å². The minimum atomic E-state index is 0.0744. The number of carbonyl (C=O) groups excluding carboxylic acids is 1. The lowest BCUT2D eigenvalue weighted by Crippen LogP contribution is -2.58. The Morgan fingerprint density at radius 2 is 1.80 bits per heavy atom. The van der Waals surface area contributed by atoms with Gasteiger partial charge in [0.15, 0.2) is 0 Å². The lowest BCUT2D eigenvalue weighted by Gasteiger charge is -2.65. The Labute approximate surface area is 187 Å². The summed E-state index contributed by atoms with van der Waals surface area (Å²) in [5.74, 6) is 3.74. The molecule has 0 saturated heterocycles. The second-order valence-corrected chi connectivity index (χ2v) is 13.5. The predicted molar refractivity (Wildman–Crippen MR) is 125 cm³/mol. The number of carbonyl (C=O) groups is 1. The van der Waals surface area contributed by atoms with Gasteiger partial charge in [0.25, 0.3) is 0 Å². The molecule has 1 heterocycles. The van der Waals surface area contributed by atoms with Crippen LogP contribution >= 0.6 is 11.8 Å². The molecular weight excluding hydrogens is 388 g/mol. The van der Waals surface area contributed by atoms with E-state index in [1.165, 1.54) is 63.5 Å². The number of thioether (sulfide) groups is 1. The molecule has 0 bridgehead atoms. The fourth-order valence-corrected chi connectivity index (χ4v) is 10.6. The van der Waals surface area contributed by atoms with E-state index >= 15 is 0 Å². The van der Waals surface area contributed by atoms with Crippen molar-refractivity contribution in [2.24, 2.45) is 45.7 Å². The van der Waals surface area contributed by atoms with E-state index < -0.39 is 0 Å². The van der Waals surface area contributed by atoms with Gasteiger partial charge in [-0.1, -0.05) is 32.5 Å². The first-order valence-corrected chi connectivity index (χ1v) is 13.4. The molecule has 3 saturated carbocycles. The van der Waals surface area contributed by atoms with E-state index in [9.17, 15) is 4.79 Å². The number of nitrogens with two attached hydrogens (primary N) is 1. The monoisotopic (exact) mass is 430 g/mol. The van der Waals surface area contributed by atoms with Gasteiger partial charge in [0, 0.05) is 17.0 Å². The lowest BCUT2D eigenvalue weighted by molar-refractivity contribution is -0.155.